The highest BCUT2D eigenvalue weighted by atomic mass is 16.5. The fourth-order valence-electron chi connectivity index (χ4n) is 3.41. The number of imidazole rings is 1. The number of nitrogens with zero attached hydrogens (tertiary/aromatic N) is 2. The van der Waals surface area contributed by atoms with Gasteiger partial charge < -0.3 is 19.9 Å². The first kappa shape index (κ1) is 19.9. The third-order valence-corrected chi connectivity index (χ3v) is 4.93. The molecular formula is C21H28N4O3. The van der Waals surface area contributed by atoms with Crippen molar-refractivity contribution >= 4 is 11.8 Å². The molecule has 0 bridgehead atoms. The zero-order valence-corrected chi connectivity index (χ0v) is 16.6. The van der Waals surface area contributed by atoms with E-state index in [1.807, 2.05) is 35.8 Å². The molecule has 2 aromatic rings. The molecule has 7 nitrogen and oxygen atoms in total. The first-order valence-corrected chi connectivity index (χ1v) is 9.92. The van der Waals surface area contributed by atoms with Crippen molar-refractivity contribution in [2.75, 3.05) is 20.2 Å². The zero-order valence-electron chi connectivity index (χ0n) is 16.6. The number of hydrogen-bond acceptors (Lipinski definition) is 4. The molecule has 150 valence electrons. The summed E-state index contributed by atoms with van der Waals surface area (Å²) in [5.41, 5.74) is 2.39. The Labute approximate surface area is 165 Å². The molecule has 0 spiro atoms. The fourth-order valence-corrected chi connectivity index (χ4v) is 3.41. The van der Waals surface area contributed by atoms with Gasteiger partial charge in [0.25, 0.3) is 11.8 Å². The van der Waals surface area contributed by atoms with Crippen LogP contribution in [0.15, 0.2) is 24.3 Å². The Bertz CT molecular complexity index is 827. The second kappa shape index (κ2) is 9.39. The highest BCUT2D eigenvalue weighted by Crippen LogP contribution is 2.21. The third-order valence-electron chi connectivity index (χ3n) is 4.93. The second-order valence-corrected chi connectivity index (χ2v) is 6.95. The topological polar surface area (TPSA) is 85.2 Å². The van der Waals surface area contributed by atoms with Crippen molar-refractivity contribution in [3.63, 3.8) is 0 Å². The molecule has 28 heavy (non-hydrogen) atoms. The predicted octanol–water partition coefficient (Wildman–Crippen LogP) is 2.34. The smallest absolute Gasteiger partial charge is 0.287 e. The number of amides is 2. The molecule has 0 saturated carbocycles. The van der Waals surface area contributed by atoms with Gasteiger partial charge in [0.15, 0.2) is 5.82 Å². The minimum atomic E-state index is -0.230. The maximum Gasteiger partial charge on any atom is 0.287 e. The molecule has 0 saturated heterocycles. The maximum atomic E-state index is 12.7. The molecule has 2 heterocycles. The minimum Gasteiger partial charge on any atom is -0.497 e. The molecule has 1 aliphatic heterocycles. The Morgan fingerprint density at radius 2 is 1.86 bits per heavy atom. The molecule has 2 amide bonds. The molecule has 7 heteroatoms. The van der Waals surface area contributed by atoms with Crippen molar-refractivity contribution in [2.45, 2.75) is 45.6 Å². The van der Waals surface area contributed by atoms with Crippen LogP contribution in [0.4, 0.5) is 0 Å². The summed E-state index contributed by atoms with van der Waals surface area (Å²) in [4.78, 5) is 29.6. The molecule has 1 aromatic carbocycles. The number of nitrogens with one attached hydrogen (secondary N) is 2. The van der Waals surface area contributed by atoms with Gasteiger partial charge in [0.1, 0.15) is 11.4 Å². The van der Waals surface area contributed by atoms with E-state index >= 15 is 0 Å². The van der Waals surface area contributed by atoms with E-state index in [1.54, 1.807) is 7.11 Å². The van der Waals surface area contributed by atoms with E-state index in [1.165, 1.54) is 0 Å². The van der Waals surface area contributed by atoms with Crippen LogP contribution in [0.5, 0.6) is 5.75 Å². The third kappa shape index (κ3) is 4.52. The van der Waals surface area contributed by atoms with Crippen molar-refractivity contribution in [1.82, 2.24) is 20.2 Å². The lowest BCUT2D eigenvalue weighted by atomic mass is 10.1. The van der Waals surface area contributed by atoms with E-state index in [0.717, 1.165) is 49.2 Å². The summed E-state index contributed by atoms with van der Waals surface area (Å²) >= 11 is 0. The Morgan fingerprint density at radius 3 is 2.57 bits per heavy atom. The van der Waals surface area contributed by atoms with E-state index in [2.05, 4.69) is 15.6 Å². The van der Waals surface area contributed by atoms with Crippen molar-refractivity contribution in [3.8, 4) is 5.75 Å². The van der Waals surface area contributed by atoms with E-state index in [9.17, 15) is 9.59 Å². The SMILES string of the molecule is CCCNC(=O)c1nc(C(=O)NCCc2ccc(OC)cc2)n2c1CCCC2. The normalized spacial score (nSPS) is 12.9. The molecule has 0 radical (unpaired) electrons. The largest absolute Gasteiger partial charge is 0.497 e. The number of carbonyl (C=O) groups is 2. The summed E-state index contributed by atoms with van der Waals surface area (Å²) in [6, 6.07) is 7.78. The summed E-state index contributed by atoms with van der Waals surface area (Å²) in [5.74, 6) is 0.729. The lowest BCUT2D eigenvalue weighted by Gasteiger charge is -2.17. The maximum absolute atomic E-state index is 12.7. The number of carbonyl (C=O) groups excluding carboxylic acids is 2. The van der Waals surface area contributed by atoms with Crippen LogP contribution in [0.3, 0.4) is 0 Å². The molecule has 0 fully saturated rings. The highest BCUT2D eigenvalue weighted by molar-refractivity contribution is 5.97. The van der Waals surface area contributed by atoms with Gasteiger partial charge in [-0.05, 0) is 49.8 Å². The Morgan fingerprint density at radius 1 is 1.11 bits per heavy atom. The first-order valence-electron chi connectivity index (χ1n) is 9.92. The highest BCUT2D eigenvalue weighted by Gasteiger charge is 2.27. The predicted molar refractivity (Wildman–Crippen MR) is 107 cm³/mol. The lowest BCUT2D eigenvalue weighted by molar-refractivity contribution is 0.0938. The number of fused-ring (bicyclic) bond motifs is 1. The van der Waals surface area contributed by atoms with Crippen LogP contribution in [-0.2, 0) is 19.4 Å². The lowest BCUT2D eigenvalue weighted by Crippen LogP contribution is -2.29. The molecule has 2 N–H and O–H groups in total. The summed E-state index contributed by atoms with van der Waals surface area (Å²) in [6.07, 6.45) is 4.36. The number of methoxy groups -OCH3 is 1. The average Bonchev–Trinajstić information content (AvgIpc) is 3.12. The molecule has 1 aromatic heterocycles. The average molecular weight is 384 g/mol. The van der Waals surface area contributed by atoms with Crippen LogP contribution in [0.1, 0.15) is 58.6 Å². The molecule has 3 rings (SSSR count). The summed E-state index contributed by atoms with van der Waals surface area (Å²) in [5, 5.41) is 5.80. The van der Waals surface area contributed by atoms with Gasteiger partial charge in [0.05, 0.1) is 12.8 Å². The van der Waals surface area contributed by atoms with Gasteiger partial charge in [-0.15, -0.1) is 0 Å². The molecule has 0 atom stereocenters. The first-order chi connectivity index (χ1) is 13.6. The fraction of sp³-hybridized carbons (Fsp3) is 0.476. The van der Waals surface area contributed by atoms with Gasteiger partial charge in [0, 0.05) is 19.6 Å². The van der Waals surface area contributed by atoms with E-state index in [0.29, 0.717) is 31.0 Å². The standard InChI is InChI=1S/C21H28N4O3/c1-3-12-22-20(26)18-17-6-4-5-14-25(17)19(24-18)21(27)23-13-11-15-7-9-16(28-2)10-8-15/h7-10H,3-6,11-14H2,1-2H3,(H,22,26)(H,23,27). The number of hydrogen-bond donors (Lipinski definition) is 2. The van der Waals surface area contributed by atoms with Crippen LogP contribution in [0.25, 0.3) is 0 Å². The molecule has 1 aliphatic rings. The number of ether oxygens (including phenoxy) is 1. The number of aromatic nitrogens is 2. The van der Waals surface area contributed by atoms with Gasteiger partial charge in [-0.1, -0.05) is 19.1 Å². The summed E-state index contributed by atoms with van der Waals surface area (Å²) < 4.78 is 7.06. The van der Waals surface area contributed by atoms with Crippen LogP contribution in [-0.4, -0.2) is 41.6 Å². The Kier molecular flexibility index (Phi) is 6.68. The van der Waals surface area contributed by atoms with Crippen LogP contribution >= 0.6 is 0 Å². The van der Waals surface area contributed by atoms with E-state index in [-0.39, 0.29) is 11.8 Å². The quantitative estimate of drug-likeness (QED) is 0.732. The van der Waals surface area contributed by atoms with Gasteiger partial charge in [-0.25, -0.2) is 4.98 Å². The van der Waals surface area contributed by atoms with Gasteiger partial charge in [0.2, 0.25) is 0 Å². The van der Waals surface area contributed by atoms with E-state index < -0.39 is 0 Å². The second-order valence-electron chi connectivity index (χ2n) is 6.95. The number of rotatable bonds is 8. The summed E-state index contributed by atoms with van der Waals surface area (Å²) in [6.45, 7) is 3.84. The van der Waals surface area contributed by atoms with Gasteiger partial charge in [-0.3, -0.25) is 9.59 Å². The van der Waals surface area contributed by atoms with Crippen LogP contribution < -0.4 is 15.4 Å². The van der Waals surface area contributed by atoms with Gasteiger partial charge >= 0.3 is 0 Å². The molecule has 0 unspecified atom stereocenters. The summed E-state index contributed by atoms with van der Waals surface area (Å²) in [7, 11) is 1.64. The Balaban J connectivity index is 1.66. The van der Waals surface area contributed by atoms with Crippen LogP contribution in [0.2, 0.25) is 0 Å². The Hall–Kier alpha value is -2.83. The number of benzene rings is 1. The van der Waals surface area contributed by atoms with Crippen molar-refractivity contribution in [1.29, 1.82) is 0 Å². The monoisotopic (exact) mass is 384 g/mol. The van der Waals surface area contributed by atoms with Crippen LogP contribution in [0, 0.1) is 0 Å². The molecule has 0 aliphatic carbocycles. The van der Waals surface area contributed by atoms with Crippen molar-refractivity contribution < 1.29 is 14.3 Å². The van der Waals surface area contributed by atoms with Gasteiger partial charge in [-0.2, -0.15) is 0 Å². The van der Waals surface area contributed by atoms with Crippen molar-refractivity contribution in [3.05, 3.63) is 47.0 Å². The molecular weight excluding hydrogens is 356 g/mol. The zero-order chi connectivity index (χ0) is 19.9. The van der Waals surface area contributed by atoms with E-state index in [4.69, 9.17) is 4.74 Å². The minimum absolute atomic E-state index is 0.190. The van der Waals surface area contributed by atoms with Crippen molar-refractivity contribution in [2.24, 2.45) is 0 Å².